The lowest BCUT2D eigenvalue weighted by atomic mass is 9.91. The zero-order chi connectivity index (χ0) is 13.2. The zero-order valence-electron chi connectivity index (χ0n) is 10.5. The Balaban J connectivity index is 2.03. The Morgan fingerprint density at radius 2 is 1.78 bits per heavy atom. The standard InChI is InChI=1S/C12H21NO4S/c14-12(15)11-7-4-8-13(11)18(16,17)9-10-5-2-1-3-6-10/h10-11H,1-9H2,(H,14,15)/t11-/m1/s1. The van der Waals surface area contributed by atoms with Gasteiger partial charge in [0, 0.05) is 6.54 Å². The molecule has 0 aromatic heterocycles. The first-order chi connectivity index (χ1) is 8.50. The van der Waals surface area contributed by atoms with Crippen LogP contribution in [0.4, 0.5) is 0 Å². The van der Waals surface area contributed by atoms with Crippen LogP contribution in [-0.4, -0.2) is 42.1 Å². The molecule has 0 spiro atoms. The van der Waals surface area contributed by atoms with Crippen molar-refractivity contribution >= 4 is 16.0 Å². The lowest BCUT2D eigenvalue weighted by Crippen LogP contribution is -2.42. The lowest BCUT2D eigenvalue weighted by Gasteiger charge is -2.26. The minimum atomic E-state index is -3.40. The molecule has 0 aromatic rings. The molecule has 1 heterocycles. The van der Waals surface area contributed by atoms with E-state index in [-0.39, 0.29) is 11.7 Å². The Bertz CT molecular complexity index is 400. The van der Waals surface area contributed by atoms with Gasteiger partial charge in [0.2, 0.25) is 10.0 Å². The first-order valence-electron chi connectivity index (χ1n) is 6.73. The van der Waals surface area contributed by atoms with Crippen molar-refractivity contribution in [3.8, 4) is 0 Å². The van der Waals surface area contributed by atoms with Crippen LogP contribution in [0.15, 0.2) is 0 Å². The first-order valence-corrected chi connectivity index (χ1v) is 8.34. The number of rotatable bonds is 4. The summed E-state index contributed by atoms with van der Waals surface area (Å²) in [5.41, 5.74) is 0. The highest BCUT2D eigenvalue weighted by atomic mass is 32.2. The van der Waals surface area contributed by atoms with Crippen LogP contribution in [0.3, 0.4) is 0 Å². The van der Waals surface area contributed by atoms with Crippen LogP contribution in [0.25, 0.3) is 0 Å². The van der Waals surface area contributed by atoms with Gasteiger partial charge in [0.1, 0.15) is 6.04 Å². The second kappa shape index (κ2) is 5.57. The van der Waals surface area contributed by atoms with Crippen molar-refractivity contribution in [2.24, 2.45) is 5.92 Å². The predicted molar refractivity (Wildman–Crippen MR) is 67.7 cm³/mol. The predicted octanol–water partition coefficient (Wildman–Crippen LogP) is 1.45. The average molecular weight is 275 g/mol. The summed E-state index contributed by atoms with van der Waals surface area (Å²) in [7, 11) is -3.40. The molecule has 0 radical (unpaired) electrons. The number of carboxylic acid groups (broad SMARTS) is 1. The molecule has 5 nitrogen and oxygen atoms in total. The molecule has 1 aliphatic carbocycles. The molecule has 0 amide bonds. The van der Waals surface area contributed by atoms with Gasteiger partial charge in [-0.25, -0.2) is 8.42 Å². The summed E-state index contributed by atoms with van der Waals surface area (Å²) in [6.45, 7) is 0.367. The fraction of sp³-hybridized carbons (Fsp3) is 0.917. The number of nitrogens with zero attached hydrogens (tertiary/aromatic N) is 1. The van der Waals surface area contributed by atoms with Crippen LogP contribution in [0, 0.1) is 5.92 Å². The number of aliphatic carboxylic acids is 1. The Kier molecular flexibility index (Phi) is 4.27. The van der Waals surface area contributed by atoms with Crippen molar-refractivity contribution in [3.63, 3.8) is 0 Å². The number of carboxylic acids is 1. The van der Waals surface area contributed by atoms with E-state index in [1.165, 1.54) is 10.7 Å². The highest BCUT2D eigenvalue weighted by Crippen LogP contribution is 2.28. The highest BCUT2D eigenvalue weighted by Gasteiger charge is 2.39. The molecule has 1 saturated heterocycles. The van der Waals surface area contributed by atoms with Crippen molar-refractivity contribution in [3.05, 3.63) is 0 Å². The van der Waals surface area contributed by atoms with Crippen LogP contribution in [0.2, 0.25) is 0 Å². The van der Waals surface area contributed by atoms with Crippen molar-refractivity contribution in [1.29, 1.82) is 0 Å². The molecular weight excluding hydrogens is 254 g/mol. The van der Waals surface area contributed by atoms with E-state index in [0.717, 1.165) is 25.7 Å². The Morgan fingerprint density at radius 1 is 1.11 bits per heavy atom. The van der Waals surface area contributed by atoms with Gasteiger partial charge in [-0.3, -0.25) is 4.79 Å². The Hall–Kier alpha value is -0.620. The minimum Gasteiger partial charge on any atom is -0.480 e. The Labute approximate surface area is 108 Å². The van der Waals surface area contributed by atoms with E-state index in [9.17, 15) is 13.2 Å². The maximum Gasteiger partial charge on any atom is 0.322 e. The maximum absolute atomic E-state index is 12.3. The van der Waals surface area contributed by atoms with Gasteiger partial charge >= 0.3 is 5.97 Å². The van der Waals surface area contributed by atoms with Gasteiger partial charge < -0.3 is 5.11 Å². The Morgan fingerprint density at radius 3 is 2.39 bits per heavy atom. The summed E-state index contributed by atoms with van der Waals surface area (Å²) in [5, 5.41) is 9.05. The van der Waals surface area contributed by atoms with Gasteiger partial charge in [0.15, 0.2) is 0 Å². The van der Waals surface area contributed by atoms with E-state index in [0.29, 0.717) is 19.4 Å². The number of carbonyl (C=O) groups is 1. The molecular formula is C12H21NO4S. The molecule has 1 saturated carbocycles. The highest BCUT2D eigenvalue weighted by molar-refractivity contribution is 7.89. The molecule has 2 aliphatic rings. The van der Waals surface area contributed by atoms with Gasteiger partial charge in [0.05, 0.1) is 5.75 Å². The first kappa shape index (κ1) is 13.8. The van der Waals surface area contributed by atoms with E-state index in [1.807, 2.05) is 0 Å². The van der Waals surface area contributed by atoms with Gasteiger partial charge in [-0.15, -0.1) is 0 Å². The lowest BCUT2D eigenvalue weighted by molar-refractivity contribution is -0.140. The van der Waals surface area contributed by atoms with E-state index in [1.54, 1.807) is 0 Å². The molecule has 1 atom stereocenters. The van der Waals surface area contributed by atoms with Crippen molar-refractivity contribution in [1.82, 2.24) is 4.31 Å². The van der Waals surface area contributed by atoms with Crippen LogP contribution >= 0.6 is 0 Å². The zero-order valence-corrected chi connectivity index (χ0v) is 11.4. The summed E-state index contributed by atoms with van der Waals surface area (Å²) in [6.07, 6.45) is 6.42. The summed E-state index contributed by atoms with van der Waals surface area (Å²) in [6, 6.07) is -0.835. The molecule has 1 N–H and O–H groups in total. The van der Waals surface area contributed by atoms with Gasteiger partial charge in [-0.05, 0) is 31.6 Å². The fourth-order valence-corrected chi connectivity index (χ4v) is 5.18. The van der Waals surface area contributed by atoms with Crippen molar-refractivity contribution in [2.45, 2.75) is 51.0 Å². The molecule has 18 heavy (non-hydrogen) atoms. The molecule has 0 bridgehead atoms. The van der Waals surface area contributed by atoms with Crippen molar-refractivity contribution < 1.29 is 18.3 Å². The number of sulfonamides is 1. The second-order valence-corrected chi connectivity index (χ2v) is 7.36. The monoisotopic (exact) mass is 275 g/mol. The van der Waals surface area contributed by atoms with Crippen LogP contribution in [0.1, 0.15) is 44.9 Å². The average Bonchev–Trinajstić information content (AvgIpc) is 2.79. The quantitative estimate of drug-likeness (QED) is 0.842. The van der Waals surface area contributed by atoms with Crippen molar-refractivity contribution in [2.75, 3.05) is 12.3 Å². The molecule has 104 valence electrons. The topological polar surface area (TPSA) is 74.7 Å². The smallest absolute Gasteiger partial charge is 0.322 e. The molecule has 2 rings (SSSR count). The third-order valence-corrected chi connectivity index (χ3v) is 6.06. The van der Waals surface area contributed by atoms with Crippen LogP contribution < -0.4 is 0 Å². The van der Waals surface area contributed by atoms with Crippen LogP contribution in [-0.2, 0) is 14.8 Å². The maximum atomic E-state index is 12.3. The molecule has 1 aliphatic heterocycles. The van der Waals surface area contributed by atoms with E-state index in [2.05, 4.69) is 0 Å². The van der Waals surface area contributed by atoms with E-state index < -0.39 is 22.0 Å². The SMILES string of the molecule is O=C(O)[C@H]1CCCN1S(=O)(=O)CC1CCCCC1. The van der Waals surface area contributed by atoms with E-state index >= 15 is 0 Å². The van der Waals surface area contributed by atoms with Gasteiger partial charge in [0.25, 0.3) is 0 Å². The minimum absolute atomic E-state index is 0.136. The molecule has 0 unspecified atom stereocenters. The molecule has 6 heteroatoms. The number of hydrogen-bond donors (Lipinski definition) is 1. The van der Waals surface area contributed by atoms with Gasteiger partial charge in [-0.2, -0.15) is 4.31 Å². The fourth-order valence-electron chi connectivity index (χ4n) is 3.07. The van der Waals surface area contributed by atoms with Crippen LogP contribution in [0.5, 0.6) is 0 Å². The summed E-state index contributed by atoms with van der Waals surface area (Å²) < 4.78 is 25.8. The third kappa shape index (κ3) is 3.03. The second-order valence-electron chi connectivity index (χ2n) is 5.39. The van der Waals surface area contributed by atoms with Gasteiger partial charge in [-0.1, -0.05) is 19.3 Å². The third-order valence-electron chi connectivity index (χ3n) is 4.02. The van der Waals surface area contributed by atoms with E-state index in [4.69, 9.17) is 5.11 Å². The number of hydrogen-bond acceptors (Lipinski definition) is 3. The molecule has 0 aromatic carbocycles. The summed E-state index contributed by atoms with van der Waals surface area (Å²) in [5.74, 6) is -0.657. The summed E-state index contributed by atoms with van der Waals surface area (Å²) >= 11 is 0. The summed E-state index contributed by atoms with van der Waals surface area (Å²) in [4.78, 5) is 11.0. The molecule has 2 fully saturated rings. The largest absolute Gasteiger partial charge is 0.480 e. The normalized spacial score (nSPS) is 27.4.